The van der Waals surface area contributed by atoms with Crippen molar-refractivity contribution in [3.05, 3.63) is 88.9 Å². The summed E-state index contributed by atoms with van der Waals surface area (Å²) in [6, 6.07) is 17.8. The third-order valence-electron chi connectivity index (χ3n) is 6.24. The number of piperidine rings is 1. The van der Waals surface area contributed by atoms with Crippen molar-refractivity contribution < 1.29 is 18.4 Å². The minimum atomic E-state index is -0.261. The number of benzene rings is 2. The second-order valence-electron chi connectivity index (χ2n) is 8.82. The van der Waals surface area contributed by atoms with Crippen molar-refractivity contribution in [1.29, 1.82) is 0 Å². The van der Waals surface area contributed by atoms with E-state index < -0.39 is 0 Å². The molecule has 2 aromatic heterocycles. The number of rotatable bonds is 9. The summed E-state index contributed by atoms with van der Waals surface area (Å²) in [6.07, 6.45) is 1.60. The lowest BCUT2D eigenvalue weighted by molar-refractivity contribution is -0.126. The van der Waals surface area contributed by atoms with Gasteiger partial charge in [0.05, 0.1) is 11.4 Å². The molecule has 0 saturated carbocycles. The molecule has 0 radical (unpaired) electrons. The van der Waals surface area contributed by atoms with Crippen molar-refractivity contribution in [3.8, 4) is 16.5 Å². The normalized spacial score (nSPS) is 14.6. The summed E-state index contributed by atoms with van der Waals surface area (Å²) in [4.78, 5) is 20.4. The SMILES string of the molecule is O=C(NCc1ccc(OCc2ccc(F)cc2)cc1)C1CCN(Cc2nc(-c3cccs3)no2)CC1. The highest BCUT2D eigenvalue weighted by Crippen LogP contribution is 2.23. The van der Waals surface area contributed by atoms with E-state index in [0.717, 1.165) is 47.7 Å². The summed E-state index contributed by atoms with van der Waals surface area (Å²) in [5.41, 5.74) is 1.91. The number of carbonyl (C=O) groups excluding carboxylic acids is 1. The molecule has 0 bridgehead atoms. The van der Waals surface area contributed by atoms with E-state index >= 15 is 0 Å². The Labute approximate surface area is 212 Å². The third-order valence-corrected chi connectivity index (χ3v) is 7.10. The predicted octanol–water partition coefficient (Wildman–Crippen LogP) is 5.04. The van der Waals surface area contributed by atoms with Gasteiger partial charge in [-0.3, -0.25) is 9.69 Å². The number of nitrogens with one attached hydrogen (secondary N) is 1. The first-order chi connectivity index (χ1) is 17.6. The van der Waals surface area contributed by atoms with Crippen molar-refractivity contribution in [1.82, 2.24) is 20.4 Å². The molecule has 0 spiro atoms. The number of likely N-dealkylation sites (tertiary alicyclic amines) is 1. The van der Waals surface area contributed by atoms with E-state index in [1.165, 1.54) is 12.1 Å². The fourth-order valence-corrected chi connectivity index (χ4v) is 4.80. The lowest BCUT2D eigenvalue weighted by Gasteiger charge is -2.30. The number of ether oxygens (including phenoxy) is 1. The average molecular weight is 507 g/mol. The third kappa shape index (κ3) is 6.35. The summed E-state index contributed by atoms with van der Waals surface area (Å²) in [5.74, 6) is 1.79. The second-order valence-corrected chi connectivity index (χ2v) is 9.76. The fraction of sp³-hybridized carbons (Fsp3) is 0.296. The topological polar surface area (TPSA) is 80.5 Å². The van der Waals surface area contributed by atoms with Crippen LogP contribution in [0.3, 0.4) is 0 Å². The molecule has 0 aliphatic carbocycles. The maximum Gasteiger partial charge on any atom is 0.241 e. The Morgan fingerprint density at radius 1 is 1.08 bits per heavy atom. The van der Waals surface area contributed by atoms with Crippen LogP contribution in [0.2, 0.25) is 0 Å². The molecule has 0 unspecified atom stereocenters. The van der Waals surface area contributed by atoms with Gasteiger partial charge in [0.25, 0.3) is 0 Å². The van der Waals surface area contributed by atoms with Crippen LogP contribution in [0.15, 0.2) is 70.6 Å². The molecule has 36 heavy (non-hydrogen) atoms. The maximum atomic E-state index is 13.0. The zero-order valence-corrected chi connectivity index (χ0v) is 20.5. The zero-order valence-electron chi connectivity index (χ0n) is 19.7. The van der Waals surface area contributed by atoms with Crippen LogP contribution in [0, 0.1) is 11.7 Å². The van der Waals surface area contributed by atoms with Crippen LogP contribution < -0.4 is 10.1 Å². The molecule has 1 amide bonds. The highest BCUT2D eigenvalue weighted by molar-refractivity contribution is 7.13. The summed E-state index contributed by atoms with van der Waals surface area (Å²) in [7, 11) is 0. The lowest BCUT2D eigenvalue weighted by atomic mass is 9.96. The number of carbonyl (C=O) groups is 1. The molecule has 3 heterocycles. The van der Waals surface area contributed by atoms with E-state index in [2.05, 4.69) is 20.4 Å². The molecule has 1 aliphatic heterocycles. The van der Waals surface area contributed by atoms with Crippen LogP contribution in [0.1, 0.15) is 29.9 Å². The van der Waals surface area contributed by atoms with Gasteiger partial charge in [0.1, 0.15) is 18.2 Å². The van der Waals surface area contributed by atoms with Crippen molar-refractivity contribution in [2.24, 2.45) is 5.92 Å². The molecule has 5 rings (SSSR count). The van der Waals surface area contributed by atoms with Crippen LogP contribution in [-0.4, -0.2) is 34.0 Å². The second kappa shape index (κ2) is 11.5. The van der Waals surface area contributed by atoms with Gasteiger partial charge in [-0.2, -0.15) is 4.98 Å². The van der Waals surface area contributed by atoms with Gasteiger partial charge in [-0.1, -0.05) is 35.5 Å². The predicted molar refractivity (Wildman–Crippen MR) is 135 cm³/mol. The van der Waals surface area contributed by atoms with E-state index in [9.17, 15) is 9.18 Å². The standard InChI is InChI=1S/C27H27FN4O3S/c28-22-7-3-20(4-8-22)18-34-23-9-5-19(6-10-23)16-29-27(33)21-11-13-32(14-12-21)17-25-30-26(31-35-25)24-2-1-15-36-24/h1-10,15,21H,11-14,16-18H2,(H,29,33). The molecule has 7 nitrogen and oxygen atoms in total. The van der Waals surface area contributed by atoms with Crippen LogP contribution in [0.25, 0.3) is 10.7 Å². The zero-order chi connectivity index (χ0) is 24.7. The van der Waals surface area contributed by atoms with E-state index in [1.807, 2.05) is 41.8 Å². The van der Waals surface area contributed by atoms with Crippen molar-refractivity contribution in [2.75, 3.05) is 13.1 Å². The highest BCUT2D eigenvalue weighted by atomic mass is 32.1. The molecule has 1 aliphatic rings. The van der Waals surface area contributed by atoms with Crippen LogP contribution >= 0.6 is 11.3 Å². The van der Waals surface area contributed by atoms with Crippen molar-refractivity contribution >= 4 is 17.2 Å². The summed E-state index contributed by atoms with van der Waals surface area (Å²) < 4.78 is 24.2. The minimum Gasteiger partial charge on any atom is -0.489 e. The number of hydrogen-bond acceptors (Lipinski definition) is 7. The first-order valence-electron chi connectivity index (χ1n) is 11.9. The van der Waals surface area contributed by atoms with Gasteiger partial charge < -0.3 is 14.6 Å². The van der Waals surface area contributed by atoms with Crippen molar-refractivity contribution in [3.63, 3.8) is 0 Å². The quantitative estimate of drug-likeness (QED) is 0.342. The minimum absolute atomic E-state index is 0.00364. The van der Waals surface area contributed by atoms with Gasteiger partial charge >= 0.3 is 0 Å². The van der Waals surface area contributed by atoms with Gasteiger partial charge in [-0.05, 0) is 72.8 Å². The number of aromatic nitrogens is 2. The Morgan fingerprint density at radius 3 is 2.56 bits per heavy atom. The molecule has 1 saturated heterocycles. The summed E-state index contributed by atoms with van der Waals surface area (Å²) in [5, 5.41) is 9.12. The Balaban J connectivity index is 1.02. The number of thiophene rings is 1. The molecule has 2 aromatic carbocycles. The van der Waals surface area contributed by atoms with E-state index in [-0.39, 0.29) is 17.6 Å². The monoisotopic (exact) mass is 506 g/mol. The van der Waals surface area contributed by atoms with Gasteiger partial charge in [0.15, 0.2) is 0 Å². The van der Waals surface area contributed by atoms with Gasteiger partial charge in [0.2, 0.25) is 17.6 Å². The largest absolute Gasteiger partial charge is 0.489 e. The first kappa shape index (κ1) is 24.1. The van der Waals surface area contributed by atoms with E-state index in [0.29, 0.717) is 31.4 Å². The number of nitrogens with zero attached hydrogens (tertiary/aromatic N) is 3. The highest BCUT2D eigenvalue weighted by Gasteiger charge is 2.26. The first-order valence-corrected chi connectivity index (χ1v) is 12.8. The Bertz CT molecular complexity index is 1250. The Kier molecular flexibility index (Phi) is 7.68. The molecule has 186 valence electrons. The number of amides is 1. The smallest absolute Gasteiger partial charge is 0.241 e. The molecule has 1 N–H and O–H groups in total. The Morgan fingerprint density at radius 2 is 1.83 bits per heavy atom. The number of hydrogen-bond donors (Lipinski definition) is 1. The summed E-state index contributed by atoms with van der Waals surface area (Å²) >= 11 is 1.58. The van der Waals surface area contributed by atoms with Crippen LogP contribution in [0.5, 0.6) is 5.75 Å². The molecule has 4 aromatic rings. The van der Waals surface area contributed by atoms with E-state index in [1.54, 1.807) is 23.5 Å². The summed E-state index contributed by atoms with van der Waals surface area (Å²) in [6.45, 7) is 3.08. The van der Waals surface area contributed by atoms with Gasteiger partial charge in [0, 0.05) is 12.5 Å². The lowest BCUT2D eigenvalue weighted by Crippen LogP contribution is -2.40. The maximum absolute atomic E-state index is 13.0. The van der Waals surface area contributed by atoms with Crippen molar-refractivity contribution in [2.45, 2.75) is 32.5 Å². The Hall–Kier alpha value is -3.56. The number of halogens is 1. The molecule has 1 fully saturated rings. The van der Waals surface area contributed by atoms with Gasteiger partial charge in [-0.25, -0.2) is 4.39 Å². The molecular formula is C27H27FN4O3S. The van der Waals surface area contributed by atoms with E-state index in [4.69, 9.17) is 9.26 Å². The van der Waals surface area contributed by atoms with Crippen LogP contribution in [-0.2, 0) is 24.5 Å². The molecule has 9 heteroatoms. The fourth-order valence-electron chi connectivity index (χ4n) is 4.15. The molecular weight excluding hydrogens is 479 g/mol. The van der Waals surface area contributed by atoms with Crippen LogP contribution in [0.4, 0.5) is 4.39 Å². The average Bonchev–Trinajstić information content (AvgIpc) is 3.61. The molecule has 0 atom stereocenters. The van der Waals surface area contributed by atoms with Gasteiger partial charge in [-0.15, -0.1) is 11.3 Å².